The van der Waals surface area contributed by atoms with Crippen LogP contribution in [0.5, 0.6) is 0 Å². The van der Waals surface area contributed by atoms with Crippen molar-refractivity contribution in [1.82, 2.24) is 10.1 Å². The van der Waals surface area contributed by atoms with Crippen LogP contribution in [0.25, 0.3) is 0 Å². The molecule has 0 radical (unpaired) electrons. The van der Waals surface area contributed by atoms with Crippen molar-refractivity contribution in [2.24, 2.45) is 0 Å². The minimum absolute atomic E-state index is 0.00175. The maximum atomic E-state index is 10.6. The van der Waals surface area contributed by atoms with E-state index < -0.39 is 4.92 Å². The lowest BCUT2D eigenvalue weighted by molar-refractivity contribution is -0.385. The first kappa shape index (κ1) is 11.5. The van der Waals surface area contributed by atoms with E-state index in [2.05, 4.69) is 20.0 Å². The Morgan fingerprint density at radius 1 is 1.56 bits per heavy atom. The molecule has 0 spiro atoms. The van der Waals surface area contributed by atoms with Crippen molar-refractivity contribution >= 4 is 11.4 Å². The van der Waals surface area contributed by atoms with Gasteiger partial charge in [-0.2, -0.15) is 10.2 Å². The summed E-state index contributed by atoms with van der Waals surface area (Å²) < 4.78 is 4.56. The molecule has 1 N–H and O–H groups in total. The number of nitrogens with zero attached hydrogens (tertiary/aromatic N) is 4. The van der Waals surface area contributed by atoms with E-state index in [0.29, 0.717) is 18.1 Å². The lowest BCUT2D eigenvalue weighted by Crippen LogP contribution is -2.02. The number of nitro groups is 1. The molecule has 0 bridgehead atoms. The van der Waals surface area contributed by atoms with E-state index in [-0.39, 0.29) is 11.3 Å². The van der Waals surface area contributed by atoms with E-state index in [1.807, 2.05) is 0 Å². The highest BCUT2D eigenvalue weighted by Crippen LogP contribution is 2.21. The maximum absolute atomic E-state index is 10.6. The van der Waals surface area contributed by atoms with Gasteiger partial charge in [0.05, 0.1) is 11.5 Å². The van der Waals surface area contributed by atoms with E-state index in [0.717, 1.165) is 0 Å². The van der Waals surface area contributed by atoms with E-state index in [1.165, 1.54) is 24.6 Å². The normalized spacial score (nSPS) is 9.72. The molecule has 90 valence electrons. The quantitative estimate of drug-likeness (QED) is 0.639. The van der Waals surface area contributed by atoms with Crippen LogP contribution in [0.4, 0.5) is 11.4 Å². The summed E-state index contributed by atoms with van der Waals surface area (Å²) in [4.78, 5) is 13.8. The number of nitriles is 1. The van der Waals surface area contributed by atoms with Crippen molar-refractivity contribution in [2.45, 2.75) is 6.54 Å². The second-order valence-electron chi connectivity index (χ2n) is 3.30. The summed E-state index contributed by atoms with van der Waals surface area (Å²) in [6.45, 7) is 0.305. The van der Waals surface area contributed by atoms with Crippen molar-refractivity contribution in [3.63, 3.8) is 0 Å². The average molecular weight is 245 g/mol. The minimum Gasteiger partial charge on any atom is -0.378 e. The number of hydrogen-bond acceptors (Lipinski definition) is 7. The fourth-order valence-corrected chi connectivity index (χ4v) is 1.35. The van der Waals surface area contributed by atoms with Crippen LogP contribution in [0.1, 0.15) is 11.4 Å². The summed E-state index contributed by atoms with van der Waals surface area (Å²) in [7, 11) is 0. The fourth-order valence-electron chi connectivity index (χ4n) is 1.35. The standard InChI is InChI=1S/C10H7N5O3/c11-4-7-3-8(1-2-9(7)15(16)17)12-5-10-13-6-18-14-10/h1-3,6,12H,5H2. The van der Waals surface area contributed by atoms with Gasteiger partial charge in [0.1, 0.15) is 11.6 Å². The second-order valence-corrected chi connectivity index (χ2v) is 3.30. The summed E-state index contributed by atoms with van der Waals surface area (Å²) in [5, 5.41) is 26.0. The van der Waals surface area contributed by atoms with Crippen LogP contribution in [0.15, 0.2) is 29.1 Å². The molecule has 0 unspecified atom stereocenters. The molecule has 0 fully saturated rings. The van der Waals surface area contributed by atoms with Crippen molar-refractivity contribution in [3.8, 4) is 6.07 Å². The molecule has 0 saturated heterocycles. The first-order valence-corrected chi connectivity index (χ1v) is 4.88. The number of hydrogen-bond donors (Lipinski definition) is 1. The van der Waals surface area contributed by atoms with Gasteiger partial charge in [-0.05, 0) is 12.1 Å². The molecule has 1 aromatic carbocycles. The molecular weight excluding hydrogens is 238 g/mol. The van der Waals surface area contributed by atoms with Crippen molar-refractivity contribution in [2.75, 3.05) is 5.32 Å². The van der Waals surface area contributed by atoms with Crippen LogP contribution in [-0.4, -0.2) is 15.1 Å². The molecule has 0 aliphatic carbocycles. The maximum Gasteiger partial charge on any atom is 0.287 e. The Kier molecular flexibility index (Phi) is 3.15. The third-order valence-electron chi connectivity index (χ3n) is 2.17. The third-order valence-corrected chi connectivity index (χ3v) is 2.17. The molecule has 0 aliphatic heterocycles. The van der Waals surface area contributed by atoms with Gasteiger partial charge >= 0.3 is 0 Å². The van der Waals surface area contributed by atoms with Gasteiger partial charge in [-0.1, -0.05) is 5.16 Å². The van der Waals surface area contributed by atoms with E-state index >= 15 is 0 Å². The largest absolute Gasteiger partial charge is 0.378 e. The SMILES string of the molecule is N#Cc1cc(NCc2ncon2)ccc1[N+](=O)[O-]. The summed E-state index contributed by atoms with van der Waals surface area (Å²) >= 11 is 0. The van der Waals surface area contributed by atoms with Crippen LogP contribution < -0.4 is 5.32 Å². The van der Waals surface area contributed by atoms with Crippen LogP contribution in [0.2, 0.25) is 0 Å². The molecule has 0 saturated carbocycles. The van der Waals surface area contributed by atoms with Crippen molar-refractivity contribution < 1.29 is 9.45 Å². The Hall–Kier alpha value is -2.95. The van der Waals surface area contributed by atoms with Gasteiger partial charge in [-0.15, -0.1) is 0 Å². The predicted molar refractivity (Wildman–Crippen MR) is 59.4 cm³/mol. The molecule has 1 aromatic heterocycles. The zero-order valence-electron chi connectivity index (χ0n) is 9.03. The summed E-state index contributed by atoms with van der Waals surface area (Å²) in [5.74, 6) is 0.451. The monoisotopic (exact) mass is 245 g/mol. The Morgan fingerprint density at radius 3 is 3.00 bits per heavy atom. The van der Waals surface area contributed by atoms with Crippen LogP contribution >= 0.6 is 0 Å². The number of anilines is 1. The van der Waals surface area contributed by atoms with Gasteiger partial charge in [-0.3, -0.25) is 10.1 Å². The average Bonchev–Trinajstić information content (AvgIpc) is 2.88. The Bertz CT molecular complexity index is 602. The third kappa shape index (κ3) is 2.41. The molecule has 0 atom stereocenters. The molecule has 2 aromatic rings. The Balaban J connectivity index is 2.15. The molecule has 2 rings (SSSR count). The minimum atomic E-state index is -0.596. The molecule has 0 amide bonds. The summed E-state index contributed by atoms with van der Waals surface area (Å²) in [6, 6.07) is 5.97. The van der Waals surface area contributed by atoms with Gasteiger partial charge in [0.25, 0.3) is 5.69 Å². The van der Waals surface area contributed by atoms with Crippen molar-refractivity contribution in [1.29, 1.82) is 5.26 Å². The molecule has 18 heavy (non-hydrogen) atoms. The number of rotatable bonds is 4. The number of aromatic nitrogens is 2. The number of nitro benzene ring substituents is 1. The van der Waals surface area contributed by atoms with Gasteiger partial charge in [-0.25, -0.2) is 0 Å². The van der Waals surface area contributed by atoms with Gasteiger partial charge in [0, 0.05) is 11.8 Å². The van der Waals surface area contributed by atoms with E-state index in [4.69, 9.17) is 5.26 Å². The fraction of sp³-hybridized carbons (Fsp3) is 0.100. The molecule has 1 heterocycles. The van der Waals surface area contributed by atoms with Crippen molar-refractivity contribution in [3.05, 3.63) is 46.1 Å². The van der Waals surface area contributed by atoms with Gasteiger partial charge in [0.15, 0.2) is 5.82 Å². The zero-order valence-corrected chi connectivity index (χ0v) is 9.03. The van der Waals surface area contributed by atoms with Gasteiger partial charge < -0.3 is 9.84 Å². The lowest BCUT2D eigenvalue weighted by Gasteiger charge is -2.03. The first-order chi connectivity index (χ1) is 8.70. The molecular formula is C10H7N5O3. The molecule has 8 nitrogen and oxygen atoms in total. The number of benzene rings is 1. The van der Waals surface area contributed by atoms with E-state index in [1.54, 1.807) is 6.07 Å². The van der Waals surface area contributed by atoms with Crippen LogP contribution in [-0.2, 0) is 6.54 Å². The van der Waals surface area contributed by atoms with Gasteiger partial charge in [0.2, 0.25) is 6.39 Å². The van der Waals surface area contributed by atoms with E-state index in [9.17, 15) is 10.1 Å². The Morgan fingerprint density at radius 2 is 2.39 bits per heavy atom. The van der Waals surface area contributed by atoms with Crippen LogP contribution in [0, 0.1) is 21.4 Å². The summed E-state index contributed by atoms with van der Waals surface area (Å²) in [6.07, 6.45) is 1.20. The smallest absolute Gasteiger partial charge is 0.287 e. The molecule has 8 heteroatoms. The first-order valence-electron chi connectivity index (χ1n) is 4.88. The highest BCUT2D eigenvalue weighted by atomic mass is 16.6. The summed E-state index contributed by atoms with van der Waals surface area (Å²) in [5.41, 5.74) is 0.350. The zero-order chi connectivity index (χ0) is 13.0. The number of nitrogens with one attached hydrogen (secondary N) is 1. The lowest BCUT2D eigenvalue weighted by atomic mass is 10.2. The topological polar surface area (TPSA) is 118 Å². The predicted octanol–water partition coefficient (Wildman–Crippen LogP) is 1.46. The second kappa shape index (κ2) is 4.92. The highest BCUT2D eigenvalue weighted by Gasteiger charge is 2.13. The Labute approximate surface area is 101 Å². The highest BCUT2D eigenvalue weighted by molar-refractivity contribution is 5.58. The van der Waals surface area contributed by atoms with Crippen LogP contribution in [0.3, 0.4) is 0 Å². The molecule has 0 aliphatic rings.